The normalized spacial score (nSPS) is 11.4. The lowest BCUT2D eigenvalue weighted by atomic mass is 9.92. The largest absolute Gasteiger partial charge is 0.276 e. The van der Waals surface area contributed by atoms with E-state index in [1.807, 2.05) is 42.5 Å². The fourth-order valence-electron chi connectivity index (χ4n) is 4.70. The van der Waals surface area contributed by atoms with Crippen LogP contribution in [0.15, 0.2) is 89.7 Å². The van der Waals surface area contributed by atoms with Crippen LogP contribution >= 0.6 is 34.8 Å². The van der Waals surface area contributed by atoms with Crippen molar-refractivity contribution in [1.29, 1.82) is 0 Å². The fourth-order valence-corrected chi connectivity index (χ4v) is 5.40. The molecule has 34 heavy (non-hydrogen) atoms. The SMILES string of the molecule is O=c1c2ccccc2c(CCCCCl)c(-c2cccc3ccccc23)n1-c1cc(Cl)cc(Cl)c1. The third-order valence-corrected chi connectivity index (χ3v) is 6.86. The van der Waals surface area contributed by atoms with E-state index in [4.69, 9.17) is 34.8 Å². The van der Waals surface area contributed by atoms with E-state index in [-0.39, 0.29) is 5.56 Å². The van der Waals surface area contributed by atoms with Crippen molar-refractivity contribution >= 4 is 56.3 Å². The third kappa shape index (κ3) is 4.22. The Balaban J connectivity index is 1.97. The highest BCUT2D eigenvalue weighted by atomic mass is 35.5. The summed E-state index contributed by atoms with van der Waals surface area (Å²) in [7, 11) is 0. The number of aromatic nitrogens is 1. The quantitative estimate of drug-likeness (QED) is 0.167. The predicted octanol–water partition coefficient (Wildman–Crippen LogP) is 8.68. The zero-order chi connectivity index (χ0) is 23.7. The minimum atomic E-state index is -0.0991. The Morgan fingerprint density at radius 3 is 2.09 bits per heavy atom. The monoisotopic (exact) mass is 505 g/mol. The lowest BCUT2D eigenvalue weighted by molar-refractivity contribution is 0.797. The van der Waals surface area contributed by atoms with Crippen LogP contribution in [0.3, 0.4) is 0 Å². The van der Waals surface area contributed by atoms with Crippen LogP contribution in [0.25, 0.3) is 38.5 Å². The number of alkyl halides is 1. The first-order chi connectivity index (χ1) is 16.6. The first-order valence-corrected chi connectivity index (χ1v) is 12.5. The van der Waals surface area contributed by atoms with Crippen LogP contribution in [0.1, 0.15) is 18.4 Å². The van der Waals surface area contributed by atoms with E-state index in [0.717, 1.165) is 52.2 Å². The molecule has 170 valence electrons. The van der Waals surface area contributed by atoms with Gasteiger partial charge in [-0.15, -0.1) is 11.6 Å². The molecular weight excluding hydrogens is 485 g/mol. The maximum absolute atomic E-state index is 14.0. The Morgan fingerprint density at radius 2 is 1.35 bits per heavy atom. The highest BCUT2D eigenvalue weighted by molar-refractivity contribution is 6.34. The van der Waals surface area contributed by atoms with Crippen LogP contribution in [0.2, 0.25) is 10.0 Å². The fraction of sp³-hybridized carbons (Fsp3) is 0.138. The highest BCUT2D eigenvalue weighted by Gasteiger charge is 2.21. The Hall–Kier alpha value is -2.78. The molecule has 0 N–H and O–H groups in total. The van der Waals surface area contributed by atoms with Gasteiger partial charge in [-0.2, -0.15) is 0 Å². The molecule has 0 aliphatic carbocycles. The molecule has 2 nitrogen and oxygen atoms in total. The molecule has 0 fully saturated rings. The zero-order valence-corrected chi connectivity index (χ0v) is 20.7. The van der Waals surface area contributed by atoms with Crippen LogP contribution in [0, 0.1) is 0 Å². The summed E-state index contributed by atoms with van der Waals surface area (Å²) in [6.45, 7) is 0. The van der Waals surface area contributed by atoms with Gasteiger partial charge in [0.05, 0.1) is 11.4 Å². The Labute approximate surface area is 213 Å². The molecule has 0 spiro atoms. The van der Waals surface area contributed by atoms with Crippen molar-refractivity contribution in [2.75, 3.05) is 5.88 Å². The maximum Gasteiger partial charge on any atom is 0.263 e. The predicted molar refractivity (Wildman–Crippen MR) is 146 cm³/mol. The number of aryl methyl sites for hydroxylation is 1. The number of fused-ring (bicyclic) bond motifs is 2. The topological polar surface area (TPSA) is 22.0 Å². The van der Waals surface area contributed by atoms with Crippen molar-refractivity contribution in [2.24, 2.45) is 0 Å². The van der Waals surface area contributed by atoms with E-state index in [1.54, 1.807) is 22.8 Å². The number of hydrogen-bond donors (Lipinski definition) is 0. The van der Waals surface area contributed by atoms with Crippen molar-refractivity contribution in [3.8, 4) is 16.9 Å². The summed E-state index contributed by atoms with van der Waals surface area (Å²) in [5, 5.41) is 4.80. The zero-order valence-electron chi connectivity index (χ0n) is 18.4. The Morgan fingerprint density at radius 1 is 0.706 bits per heavy atom. The summed E-state index contributed by atoms with van der Waals surface area (Å²) < 4.78 is 1.78. The molecule has 0 atom stereocenters. The van der Waals surface area contributed by atoms with Crippen LogP contribution in [0.5, 0.6) is 0 Å². The molecule has 5 heteroatoms. The van der Waals surface area contributed by atoms with Gasteiger partial charge in [-0.3, -0.25) is 9.36 Å². The van der Waals surface area contributed by atoms with E-state index in [9.17, 15) is 4.79 Å². The standard InChI is InChI=1S/C29H22Cl3NO/c30-15-6-5-12-26-24-11-3-4-13-27(24)29(34)33(22-17-20(31)16-21(32)18-22)28(26)25-14-7-9-19-8-1-2-10-23(19)25/h1-4,7-11,13-14,16-18H,5-6,12,15H2. The van der Waals surface area contributed by atoms with Crippen LogP contribution in [-0.2, 0) is 6.42 Å². The van der Waals surface area contributed by atoms with E-state index >= 15 is 0 Å². The maximum atomic E-state index is 14.0. The van der Waals surface area contributed by atoms with Gasteiger partial charge in [-0.25, -0.2) is 0 Å². The number of unbranched alkanes of at least 4 members (excludes halogenated alkanes) is 1. The molecule has 5 aromatic rings. The van der Waals surface area contributed by atoms with Gasteiger partial charge >= 0.3 is 0 Å². The van der Waals surface area contributed by atoms with Gasteiger partial charge in [0.25, 0.3) is 5.56 Å². The van der Waals surface area contributed by atoms with Crippen LogP contribution in [-0.4, -0.2) is 10.4 Å². The van der Waals surface area contributed by atoms with Gasteiger partial charge in [0.2, 0.25) is 0 Å². The molecule has 0 bridgehead atoms. The van der Waals surface area contributed by atoms with E-state index in [2.05, 4.69) is 24.3 Å². The lowest BCUT2D eigenvalue weighted by Gasteiger charge is -2.22. The summed E-state index contributed by atoms with van der Waals surface area (Å²) in [4.78, 5) is 14.0. The molecule has 1 heterocycles. The summed E-state index contributed by atoms with van der Waals surface area (Å²) in [6, 6.07) is 27.5. The second-order valence-corrected chi connectivity index (χ2v) is 9.56. The molecule has 4 aromatic carbocycles. The van der Waals surface area contributed by atoms with Crippen molar-refractivity contribution in [3.63, 3.8) is 0 Å². The first kappa shape index (κ1) is 23.0. The van der Waals surface area contributed by atoms with Gasteiger partial charge in [0.1, 0.15) is 0 Å². The Kier molecular flexibility index (Phi) is 6.65. The smallest absolute Gasteiger partial charge is 0.263 e. The van der Waals surface area contributed by atoms with E-state index in [1.165, 1.54) is 0 Å². The molecule has 0 unspecified atom stereocenters. The van der Waals surface area contributed by atoms with Crippen molar-refractivity contribution in [2.45, 2.75) is 19.3 Å². The third-order valence-electron chi connectivity index (χ3n) is 6.16. The molecule has 0 amide bonds. The van der Waals surface area contributed by atoms with Crippen molar-refractivity contribution in [1.82, 2.24) is 4.57 Å². The van der Waals surface area contributed by atoms with Gasteiger partial charge in [0, 0.05) is 26.9 Å². The summed E-state index contributed by atoms with van der Waals surface area (Å²) in [5.41, 5.74) is 3.53. The molecule has 0 aliphatic rings. The number of nitrogens with zero attached hydrogens (tertiary/aromatic N) is 1. The minimum absolute atomic E-state index is 0.0991. The number of hydrogen-bond acceptors (Lipinski definition) is 1. The van der Waals surface area contributed by atoms with Gasteiger partial charge in [-0.1, -0.05) is 83.9 Å². The number of halogens is 3. The second kappa shape index (κ2) is 9.84. The summed E-state index contributed by atoms with van der Waals surface area (Å²) in [6.07, 6.45) is 2.60. The average molecular weight is 507 g/mol. The second-order valence-electron chi connectivity index (χ2n) is 8.31. The summed E-state index contributed by atoms with van der Waals surface area (Å²) >= 11 is 18.8. The number of pyridine rings is 1. The van der Waals surface area contributed by atoms with Gasteiger partial charge in [-0.05, 0) is 65.3 Å². The molecule has 0 aliphatic heterocycles. The molecule has 5 rings (SSSR count). The first-order valence-electron chi connectivity index (χ1n) is 11.3. The number of rotatable bonds is 6. The highest BCUT2D eigenvalue weighted by Crippen LogP contribution is 2.36. The summed E-state index contributed by atoms with van der Waals surface area (Å²) in [5.74, 6) is 0.602. The van der Waals surface area contributed by atoms with Crippen LogP contribution in [0.4, 0.5) is 0 Å². The molecule has 0 saturated heterocycles. The molecule has 0 saturated carbocycles. The Bertz CT molecular complexity index is 1550. The van der Waals surface area contributed by atoms with Crippen LogP contribution < -0.4 is 5.56 Å². The number of benzene rings is 4. The van der Waals surface area contributed by atoms with E-state index in [0.29, 0.717) is 27.0 Å². The molecule has 0 radical (unpaired) electrons. The van der Waals surface area contributed by atoms with Crippen molar-refractivity contribution in [3.05, 3.63) is 111 Å². The molecule has 1 aromatic heterocycles. The lowest BCUT2D eigenvalue weighted by Crippen LogP contribution is -2.22. The van der Waals surface area contributed by atoms with Gasteiger partial charge in [0.15, 0.2) is 0 Å². The van der Waals surface area contributed by atoms with Crippen molar-refractivity contribution < 1.29 is 0 Å². The minimum Gasteiger partial charge on any atom is -0.276 e. The average Bonchev–Trinajstić information content (AvgIpc) is 2.84. The van der Waals surface area contributed by atoms with E-state index < -0.39 is 0 Å². The molecular formula is C29H22Cl3NO. The van der Waals surface area contributed by atoms with Gasteiger partial charge < -0.3 is 0 Å².